The van der Waals surface area contributed by atoms with E-state index in [0.717, 1.165) is 18.7 Å². The summed E-state index contributed by atoms with van der Waals surface area (Å²) < 4.78 is 5.73. The van der Waals surface area contributed by atoms with Crippen molar-refractivity contribution in [1.29, 1.82) is 0 Å². The molecule has 1 atom stereocenters. The Morgan fingerprint density at radius 3 is 2.67 bits per heavy atom. The molecule has 0 saturated heterocycles. The third-order valence-electron chi connectivity index (χ3n) is 2.84. The minimum Gasteiger partial charge on any atom is -0.474 e. The summed E-state index contributed by atoms with van der Waals surface area (Å²) in [5.41, 5.74) is 0.931. The van der Waals surface area contributed by atoms with Crippen molar-refractivity contribution in [3.05, 3.63) is 17.8 Å². The van der Waals surface area contributed by atoms with Gasteiger partial charge in [-0.2, -0.15) is 5.10 Å². The van der Waals surface area contributed by atoms with Crippen LogP contribution in [0.2, 0.25) is 0 Å². The van der Waals surface area contributed by atoms with Crippen LogP contribution in [0.5, 0.6) is 5.88 Å². The van der Waals surface area contributed by atoms with Crippen LogP contribution in [-0.2, 0) is 6.54 Å². The van der Waals surface area contributed by atoms with Gasteiger partial charge in [0, 0.05) is 12.6 Å². The van der Waals surface area contributed by atoms with Crippen molar-refractivity contribution in [1.82, 2.24) is 15.5 Å². The molecule has 0 radical (unpaired) electrons. The molecule has 102 valence electrons. The maximum absolute atomic E-state index is 5.73. The Morgan fingerprint density at radius 2 is 2.06 bits per heavy atom. The molecule has 0 amide bonds. The number of unbranched alkanes of at least 4 members (excludes halogenated alkanes) is 3. The number of hydrogen-bond donors (Lipinski definition) is 1. The second-order valence-corrected chi connectivity index (χ2v) is 4.67. The predicted octanol–water partition coefficient (Wildman–Crippen LogP) is 2.93. The van der Waals surface area contributed by atoms with Gasteiger partial charge in [0.15, 0.2) is 0 Å². The van der Waals surface area contributed by atoms with Crippen LogP contribution in [0.25, 0.3) is 0 Å². The van der Waals surface area contributed by atoms with Gasteiger partial charge in [0.25, 0.3) is 0 Å². The van der Waals surface area contributed by atoms with E-state index in [4.69, 9.17) is 4.74 Å². The first-order valence-corrected chi connectivity index (χ1v) is 6.90. The minimum absolute atomic E-state index is 0.214. The Kier molecular flexibility index (Phi) is 7.34. The maximum atomic E-state index is 5.73. The fourth-order valence-electron chi connectivity index (χ4n) is 1.81. The number of ether oxygens (including phenoxy) is 1. The fraction of sp³-hybridized carbons (Fsp3) is 0.714. The largest absolute Gasteiger partial charge is 0.474 e. The average molecular weight is 251 g/mol. The van der Waals surface area contributed by atoms with Gasteiger partial charge in [-0.15, -0.1) is 5.10 Å². The fourth-order valence-corrected chi connectivity index (χ4v) is 1.81. The van der Waals surface area contributed by atoms with E-state index in [1.165, 1.54) is 25.7 Å². The number of aromatic nitrogens is 2. The summed E-state index contributed by atoms with van der Waals surface area (Å²) in [6.07, 6.45) is 6.39. The quantitative estimate of drug-likeness (QED) is 0.685. The predicted molar refractivity (Wildman–Crippen MR) is 73.6 cm³/mol. The molecule has 0 saturated carbocycles. The lowest BCUT2D eigenvalue weighted by Crippen LogP contribution is -2.13. The Labute approximate surface area is 110 Å². The van der Waals surface area contributed by atoms with E-state index in [2.05, 4.69) is 29.4 Å². The van der Waals surface area contributed by atoms with Crippen LogP contribution in [0.1, 0.15) is 51.6 Å². The number of nitrogens with zero attached hydrogens (tertiary/aromatic N) is 2. The first kappa shape index (κ1) is 14.9. The monoisotopic (exact) mass is 251 g/mol. The molecule has 0 aromatic carbocycles. The molecule has 0 aliphatic heterocycles. The lowest BCUT2D eigenvalue weighted by Gasteiger charge is -2.13. The highest BCUT2D eigenvalue weighted by Crippen LogP contribution is 2.12. The second kappa shape index (κ2) is 8.86. The van der Waals surface area contributed by atoms with Crippen molar-refractivity contribution in [2.45, 2.75) is 58.6 Å². The smallest absolute Gasteiger partial charge is 0.233 e. The molecule has 1 N–H and O–H groups in total. The summed E-state index contributed by atoms with van der Waals surface area (Å²) in [7, 11) is 1.89. The van der Waals surface area contributed by atoms with E-state index in [1.807, 2.05) is 19.2 Å². The third-order valence-corrected chi connectivity index (χ3v) is 2.84. The topological polar surface area (TPSA) is 47.0 Å². The zero-order valence-corrected chi connectivity index (χ0v) is 11.8. The molecule has 4 nitrogen and oxygen atoms in total. The average Bonchev–Trinajstić information content (AvgIpc) is 2.37. The van der Waals surface area contributed by atoms with Gasteiger partial charge in [0.1, 0.15) is 0 Å². The van der Waals surface area contributed by atoms with E-state index in [-0.39, 0.29) is 6.10 Å². The first-order chi connectivity index (χ1) is 8.76. The van der Waals surface area contributed by atoms with Crippen molar-refractivity contribution in [3.63, 3.8) is 0 Å². The SMILES string of the molecule is CCCCCCC(C)Oc1ccc(CNC)nn1. The molecule has 0 aliphatic carbocycles. The van der Waals surface area contributed by atoms with Gasteiger partial charge in [0.2, 0.25) is 5.88 Å². The van der Waals surface area contributed by atoms with E-state index in [1.54, 1.807) is 0 Å². The lowest BCUT2D eigenvalue weighted by molar-refractivity contribution is 0.196. The van der Waals surface area contributed by atoms with Crippen molar-refractivity contribution in [2.24, 2.45) is 0 Å². The lowest BCUT2D eigenvalue weighted by atomic mass is 10.1. The van der Waals surface area contributed by atoms with Crippen LogP contribution in [-0.4, -0.2) is 23.3 Å². The van der Waals surface area contributed by atoms with Gasteiger partial charge in [-0.1, -0.05) is 26.2 Å². The molecule has 0 aliphatic rings. The van der Waals surface area contributed by atoms with Crippen molar-refractivity contribution >= 4 is 0 Å². The van der Waals surface area contributed by atoms with Crippen LogP contribution in [0.15, 0.2) is 12.1 Å². The van der Waals surface area contributed by atoms with Crippen LogP contribution >= 0.6 is 0 Å². The molecule has 1 aromatic heterocycles. The molecule has 1 aromatic rings. The molecular weight excluding hydrogens is 226 g/mol. The van der Waals surface area contributed by atoms with E-state index in [0.29, 0.717) is 5.88 Å². The van der Waals surface area contributed by atoms with E-state index < -0.39 is 0 Å². The Balaban J connectivity index is 2.28. The van der Waals surface area contributed by atoms with Crippen LogP contribution in [0, 0.1) is 0 Å². The van der Waals surface area contributed by atoms with Gasteiger partial charge < -0.3 is 10.1 Å². The summed E-state index contributed by atoms with van der Waals surface area (Å²) in [5.74, 6) is 0.623. The standard InChI is InChI=1S/C14H25N3O/c1-4-5-6-7-8-12(2)18-14-10-9-13(11-15-3)16-17-14/h9-10,12,15H,4-8,11H2,1-3H3. The maximum Gasteiger partial charge on any atom is 0.233 e. The molecule has 18 heavy (non-hydrogen) atoms. The number of hydrogen-bond acceptors (Lipinski definition) is 4. The number of nitrogens with one attached hydrogen (secondary N) is 1. The first-order valence-electron chi connectivity index (χ1n) is 6.90. The van der Waals surface area contributed by atoms with Gasteiger partial charge in [-0.05, 0) is 32.9 Å². The normalized spacial score (nSPS) is 12.4. The summed E-state index contributed by atoms with van der Waals surface area (Å²) >= 11 is 0. The van der Waals surface area contributed by atoms with Gasteiger partial charge in [-0.25, -0.2) is 0 Å². The molecule has 1 heterocycles. The second-order valence-electron chi connectivity index (χ2n) is 4.67. The van der Waals surface area contributed by atoms with E-state index >= 15 is 0 Å². The summed E-state index contributed by atoms with van der Waals surface area (Å²) in [5, 5.41) is 11.2. The van der Waals surface area contributed by atoms with E-state index in [9.17, 15) is 0 Å². The molecule has 0 spiro atoms. The Morgan fingerprint density at radius 1 is 1.22 bits per heavy atom. The summed E-state index contributed by atoms with van der Waals surface area (Å²) in [6, 6.07) is 3.84. The molecule has 0 bridgehead atoms. The highest BCUT2D eigenvalue weighted by molar-refractivity contribution is 5.11. The molecule has 1 rings (SSSR count). The van der Waals surface area contributed by atoms with Gasteiger partial charge >= 0.3 is 0 Å². The molecular formula is C14H25N3O. The van der Waals surface area contributed by atoms with Gasteiger partial charge in [-0.3, -0.25) is 0 Å². The zero-order chi connectivity index (χ0) is 13.2. The van der Waals surface area contributed by atoms with Crippen LogP contribution < -0.4 is 10.1 Å². The van der Waals surface area contributed by atoms with Crippen LogP contribution in [0.4, 0.5) is 0 Å². The summed E-state index contributed by atoms with van der Waals surface area (Å²) in [6.45, 7) is 5.05. The highest BCUT2D eigenvalue weighted by Gasteiger charge is 2.05. The Hall–Kier alpha value is -1.16. The number of rotatable bonds is 9. The third kappa shape index (κ3) is 5.96. The Bertz CT molecular complexity index is 313. The molecule has 4 heteroatoms. The van der Waals surface area contributed by atoms with Crippen molar-refractivity contribution in [3.8, 4) is 5.88 Å². The highest BCUT2D eigenvalue weighted by atomic mass is 16.5. The van der Waals surface area contributed by atoms with Gasteiger partial charge in [0.05, 0.1) is 11.8 Å². The van der Waals surface area contributed by atoms with Crippen molar-refractivity contribution in [2.75, 3.05) is 7.05 Å². The minimum atomic E-state index is 0.214. The zero-order valence-electron chi connectivity index (χ0n) is 11.8. The molecule has 1 unspecified atom stereocenters. The van der Waals surface area contributed by atoms with Crippen molar-refractivity contribution < 1.29 is 4.74 Å². The molecule has 0 fully saturated rings. The summed E-state index contributed by atoms with van der Waals surface area (Å²) in [4.78, 5) is 0. The van der Waals surface area contributed by atoms with Crippen LogP contribution in [0.3, 0.4) is 0 Å².